The normalized spacial score (nSPS) is 10.9. The first-order valence-corrected chi connectivity index (χ1v) is 32.6. The van der Waals surface area contributed by atoms with Crippen LogP contribution >= 0.6 is 0 Å². The largest absolute Gasteiger partial charge is 0.417 e. The van der Waals surface area contributed by atoms with Crippen molar-refractivity contribution in [3.63, 3.8) is 0 Å². The minimum absolute atomic E-state index is 0.165. The second kappa shape index (κ2) is 29.4. The Hall–Kier alpha value is -12.9. The first-order chi connectivity index (χ1) is 48.2. The molecule has 18 rings (SSSR count). The molecule has 18 aromatic rings. The Labute approximate surface area is 572 Å². The maximum atomic E-state index is 11.2. The smallest absolute Gasteiger partial charge is 0.408 e. The number of aryl methyl sites for hydroxylation is 7. The lowest BCUT2D eigenvalue weighted by Crippen LogP contribution is -1.99. The van der Waals surface area contributed by atoms with Gasteiger partial charge in [0.1, 0.15) is 11.3 Å². The van der Waals surface area contributed by atoms with E-state index in [4.69, 9.17) is 4.42 Å². The van der Waals surface area contributed by atoms with Crippen LogP contribution in [-0.4, -0.2) is 54.3 Å². The highest BCUT2D eigenvalue weighted by Gasteiger charge is 2.09. The molecule has 0 fully saturated rings. The monoisotopic (exact) mass is 1300 g/mol. The van der Waals surface area contributed by atoms with Crippen LogP contribution in [0.3, 0.4) is 0 Å². The molecule has 8 aromatic heterocycles. The second-order valence-corrected chi connectivity index (χ2v) is 24.7. The van der Waals surface area contributed by atoms with Crippen LogP contribution in [0.15, 0.2) is 300 Å². The molecule has 0 saturated heterocycles. The molecule has 486 valence electrons. The molecule has 0 radical (unpaired) electrons. The van der Waals surface area contributed by atoms with Crippen LogP contribution in [0, 0.1) is 41.5 Å². The summed E-state index contributed by atoms with van der Waals surface area (Å²) in [5.41, 5.74) is 28.9. The van der Waals surface area contributed by atoms with Crippen LogP contribution in [0.1, 0.15) is 33.4 Å². The minimum Gasteiger partial charge on any atom is -0.408 e. The van der Waals surface area contributed by atoms with E-state index < -0.39 is 5.76 Å². The van der Waals surface area contributed by atoms with E-state index in [-0.39, 0.29) is 5.69 Å². The summed E-state index contributed by atoms with van der Waals surface area (Å²) in [5.74, 6) is -0.415. The number of rotatable bonds is 6. The van der Waals surface area contributed by atoms with Crippen molar-refractivity contribution in [1.29, 1.82) is 0 Å². The highest BCUT2D eigenvalue weighted by Crippen LogP contribution is 2.29. The average Bonchev–Trinajstić information content (AvgIpc) is 1.75. The second-order valence-electron chi connectivity index (χ2n) is 24.7. The molecular weight excluding hydrogens is 1220 g/mol. The van der Waals surface area contributed by atoms with Crippen molar-refractivity contribution in [1.82, 2.24) is 54.3 Å². The number of aromatic nitrogens is 11. The summed E-state index contributed by atoms with van der Waals surface area (Å²) in [6, 6.07) is 83.5. The van der Waals surface area contributed by atoms with E-state index >= 15 is 0 Å². The Morgan fingerprint density at radius 2 is 0.848 bits per heavy atom. The Kier molecular flexibility index (Phi) is 19.2. The fourth-order valence-corrected chi connectivity index (χ4v) is 11.9. The van der Waals surface area contributed by atoms with Gasteiger partial charge in [-0.3, -0.25) is 14.8 Å². The number of nitrogens with one attached hydrogen (secondary N) is 5. The van der Waals surface area contributed by atoms with Crippen LogP contribution < -0.4 is 11.4 Å². The number of hydrogen-bond donors (Lipinski definition) is 5. The standard InChI is InChI=1S/C15H14N2.C14H12N2O.3C14H12N2.C14H11NO2/c1-11-4-3-5-12(8-11)13-6-7-15-14(9-13)10-16-17(15)2;1-9-3-2-4-10(7-9)11-5-6-12-13(8-11)16-14(17)15-12;1-11-3-2-4-12(9-11)13-5-7-16-8-6-15-14(16)10-13;1-10-3-2-4-11(7-10)13-8-12-5-6-15-14(12)16-9-13;1-10-3-2-4-11(7-10)12-5-6-14-13(8-12)9-15-16-14;1-9-3-2-4-10(7-9)11-5-6-13-12(8-11)15-14(16)17-13/h3-10H,1-2H3;2-8H,1H3,(H2,15,16,17);2-10H,1H3;2*2-9H,1H3,(H,15,16);2-8H,1H3,(H,15,16). The van der Waals surface area contributed by atoms with Gasteiger partial charge in [-0.15, -0.1) is 0 Å². The first-order valence-electron chi connectivity index (χ1n) is 32.6. The third kappa shape index (κ3) is 15.9. The maximum absolute atomic E-state index is 11.2. The molecule has 14 nitrogen and oxygen atoms in total. The molecule has 99 heavy (non-hydrogen) atoms. The molecular formula is C85H73N11O3. The molecule has 0 bridgehead atoms. The number of aromatic amines is 5. The predicted octanol–water partition coefficient (Wildman–Crippen LogP) is 19.9. The average molecular weight is 1300 g/mol. The van der Waals surface area contributed by atoms with Gasteiger partial charge in [0.05, 0.1) is 40.0 Å². The molecule has 10 aromatic carbocycles. The minimum atomic E-state index is -0.415. The number of benzene rings is 10. The summed E-state index contributed by atoms with van der Waals surface area (Å²) in [5, 5.41) is 14.7. The lowest BCUT2D eigenvalue weighted by atomic mass is 10.0. The summed E-state index contributed by atoms with van der Waals surface area (Å²) in [7, 11) is 1.97. The molecule has 0 spiro atoms. The van der Waals surface area contributed by atoms with Gasteiger partial charge in [-0.2, -0.15) is 10.2 Å². The lowest BCUT2D eigenvalue weighted by Gasteiger charge is -2.03. The van der Waals surface area contributed by atoms with E-state index in [0.29, 0.717) is 5.58 Å². The van der Waals surface area contributed by atoms with Crippen molar-refractivity contribution in [2.24, 2.45) is 7.05 Å². The van der Waals surface area contributed by atoms with E-state index in [0.717, 1.165) is 72.0 Å². The third-order valence-corrected chi connectivity index (χ3v) is 17.0. The van der Waals surface area contributed by atoms with Crippen molar-refractivity contribution >= 4 is 60.6 Å². The van der Waals surface area contributed by atoms with Gasteiger partial charge in [0.2, 0.25) is 0 Å². The summed E-state index contributed by atoms with van der Waals surface area (Å²) in [6.07, 6.45) is 13.4. The molecule has 0 unspecified atom stereocenters. The summed E-state index contributed by atoms with van der Waals surface area (Å²) in [4.78, 5) is 42.2. The van der Waals surface area contributed by atoms with Gasteiger partial charge in [0.25, 0.3) is 0 Å². The van der Waals surface area contributed by atoms with Crippen LogP contribution in [0.4, 0.5) is 0 Å². The van der Waals surface area contributed by atoms with Gasteiger partial charge in [0, 0.05) is 59.8 Å². The van der Waals surface area contributed by atoms with Crippen LogP contribution in [0.2, 0.25) is 0 Å². The number of oxazole rings is 1. The fraction of sp³-hybridized carbons (Fsp3) is 0.0824. The molecule has 0 saturated carbocycles. The summed E-state index contributed by atoms with van der Waals surface area (Å²) < 4.78 is 8.88. The molecule has 8 heterocycles. The zero-order chi connectivity index (χ0) is 68.4. The van der Waals surface area contributed by atoms with E-state index in [1.807, 2.05) is 120 Å². The highest BCUT2D eigenvalue weighted by molar-refractivity contribution is 5.87. The van der Waals surface area contributed by atoms with E-state index in [2.05, 4.69) is 269 Å². The SMILES string of the molecule is Cc1cccc(-c2ccc3[nH]c(=O)[nH]c3c2)c1.Cc1cccc(-c2ccc3[nH]ncc3c2)c1.Cc1cccc(-c2ccc3c(cnn3C)c2)c1.Cc1cccc(-c2ccc3oc(=O)[nH]c3c2)c1.Cc1cccc(-c2ccn3ccnc3c2)c1.Cc1cccc(-c2cnc3[nH]ccc3c2)c1. The van der Waals surface area contributed by atoms with Gasteiger partial charge in [0.15, 0.2) is 5.58 Å². The van der Waals surface area contributed by atoms with Crippen molar-refractivity contribution in [3.8, 4) is 66.8 Å². The Balaban J connectivity index is 0.000000107. The third-order valence-electron chi connectivity index (χ3n) is 17.0. The topological polar surface area (TPSA) is 187 Å². The summed E-state index contributed by atoms with van der Waals surface area (Å²) >= 11 is 0. The highest BCUT2D eigenvalue weighted by atomic mass is 16.4. The molecule has 0 atom stereocenters. The van der Waals surface area contributed by atoms with Crippen molar-refractivity contribution in [3.05, 3.63) is 340 Å². The van der Waals surface area contributed by atoms with E-state index in [1.165, 1.54) is 83.2 Å². The number of hydrogen-bond acceptors (Lipinski definition) is 7. The first kappa shape index (κ1) is 64.8. The number of imidazole rings is 2. The Morgan fingerprint density at radius 3 is 1.42 bits per heavy atom. The number of pyridine rings is 2. The zero-order valence-electron chi connectivity index (χ0n) is 56.0. The quantitative estimate of drug-likeness (QED) is 0.110. The van der Waals surface area contributed by atoms with Crippen molar-refractivity contribution < 1.29 is 4.42 Å². The molecule has 14 heteroatoms. The van der Waals surface area contributed by atoms with E-state index in [1.54, 1.807) is 0 Å². The van der Waals surface area contributed by atoms with Crippen LogP contribution in [0.5, 0.6) is 0 Å². The fourth-order valence-electron chi connectivity index (χ4n) is 11.9. The zero-order valence-corrected chi connectivity index (χ0v) is 56.0. The molecule has 5 N–H and O–H groups in total. The number of H-pyrrole nitrogens is 5. The number of fused-ring (bicyclic) bond motifs is 6. The maximum Gasteiger partial charge on any atom is 0.417 e. The van der Waals surface area contributed by atoms with Gasteiger partial charge in [-0.25, -0.2) is 19.6 Å². The molecule has 0 aliphatic carbocycles. The Morgan fingerprint density at radius 1 is 0.374 bits per heavy atom. The van der Waals surface area contributed by atoms with Gasteiger partial charge in [-0.05, 0) is 176 Å². The summed E-state index contributed by atoms with van der Waals surface area (Å²) in [6.45, 7) is 12.6. The van der Waals surface area contributed by atoms with Gasteiger partial charge < -0.3 is 23.8 Å². The van der Waals surface area contributed by atoms with E-state index in [9.17, 15) is 9.59 Å². The van der Waals surface area contributed by atoms with Crippen molar-refractivity contribution in [2.45, 2.75) is 41.5 Å². The molecule has 0 aliphatic rings. The lowest BCUT2D eigenvalue weighted by molar-refractivity contribution is 0.555. The van der Waals surface area contributed by atoms with Crippen molar-refractivity contribution in [2.75, 3.05) is 0 Å². The van der Waals surface area contributed by atoms with Gasteiger partial charge in [-0.1, -0.05) is 203 Å². The van der Waals surface area contributed by atoms with Gasteiger partial charge >= 0.3 is 11.4 Å². The predicted molar refractivity (Wildman–Crippen MR) is 405 cm³/mol. The molecule has 0 aliphatic heterocycles. The number of nitrogens with zero attached hydrogens (tertiary/aromatic N) is 6. The van der Waals surface area contributed by atoms with Crippen LogP contribution in [-0.2, 0) is 7.05 Å². The van der Waals surface area contributed by atoms with Crippen LogP contribution in [0.25, 0.3) is 127 Å². The Bertz CT molecular complexity index is 5550. The molecule has 0 amide bonds.